The molecule has 0 saturated carbocycles. The van der Waals surface area contributed by atoms with E-state index in [0.29, 0.717) is 5.02 Å². The summed E-state index contributed by atoms with van der Waals surface area (Å²) < 4.78 is 0. The number of benzene rings is 1. The number of carbonyl (C=O) groups is 1. The fraction of sp³-hybridized carbons (Fsp3) is 0.562. The SMILES string of the molecule is CC1NC(c2cccc(Cl)c2)N(CCCCN(C)C)C1=O. The molecule has 116 valence electrons. The second-order valence-corrected chi connectivity index (χ2v) is 6.32. The number of hydrogen-bond donors (Lipinski definition) is 1. The van der Waals surface area contributed by atoms with E-state index >= 15 is 0 Å². The zero-order chi connectivity index (χ0) is 15.4. The van der Waals surface area contributed by atoms with Crippen LogP contribution in [0.2, 0.25) is 5.02 Å². The quantitative estimate of drug-likeness (QED) is 0.820. The van der Waals surface area contributed by atoms with Gasteiger partial charge >= 0.3 is 0 Å². The van der Waals surface area contributed by atoms with Gasteiger partial charge in [0.2, 0.25) is 5.91 Å². The summed E-state index contributed by atoms with van der Waals surface area (Å²) in [5.41, 5.74) is 1.05. The molecule has 0 aliphatic carbocycles. The summed E-state index contributed by atoms with van der Waals surface area (Å²) in [6.45, 7) is 3.74. The Balaban J connectivity index is 2.03. The lowest BCUT2D eigenvalue weighted by molar-refractivity contribution is -0.129. The Morgan fingerprint density at radius 3 is 2.76 bits per heavy atom. The topological polar surface area (TPSA) is 35.6 Å². The number of rotatable bonds is 6. The number of nitrogens with one attached hydrogen (secondary N) is 1. The fourth-order valence-electron chi connectivity index (χ4n) is 2.68. The first-order valence-corrected chi connectivity index (χ1v) is 7.83. The van der Waals surface area contributed by atoms with E-state index in [1.807, 2.05) is 36.1 Å². The van der Waals surface area contributed by atoms with Crippen molar-refractivity contribution < 1.29 is 4.79 Å². The van der Waals surface area contributed by atoms with Gasteiger partial charge in [0.25, 0.3) is 0 Å². The van der Waals surface area contributed by atoms with E-state index in [2.05, 4.69) is 24.3 Å². The molecule has 0 bridgehead atoms. The summed E-state index contributed by atoms with van der Waals surface area (Å²) in [4.78, 5) is 16.4. The molecule has 1 saturated heterocycles. The molecule has 2 rings (SSSR count). The van der Waals surface area contributed by atoms with Gasteiger partial charge in [0, 0.05) is 11.6 Å². The molecule has 1 fully saturated rings. The number of halogens is 1. The summed E-state index contributed by atoms with van der Waals surface area (Å²) in [5, 5.41) is 4.06. The highest BCUT2D eigenvalue weighted by Gasteiger charge is 2.36. The zero-order valence-corrected chi connectivity index (χ0v) is 13.7. The van der Waals surface area contributed by atoms with Gasteiger partial charge in [-0.1, -0.05) is 23.7 Å². The Hall–Kier alpha value is -1.10. The molecule has 1 aliphatic heterocycles. The summed E-state index contributed by atoms with van der Waals surface area (Å²) in [6.07, 6.45) is 2.04. The van der Waals surface area contributed by atoms with Crippen LogP contribution in [0.15, 0.2) is 24.3 Å². The van der Waals surface area contributed by atoms with Gasteiger partial charge in [-0.05, 0) is 58.1 Å². The molecule has 0 radical (unpaired) electrons. The maximum Gasteiger partial charge on any atom is 0.241 e. The Bertz CT molecular complexity index is 492. The molecule has 21 heavy (non-hydrogen) atoms. The highest BCUT2D eigenvalue weighted by molar-refractivity contribution is 6.30. The van der Waals surface area contributed by atoms with Crippen LogP contribution in [0.3, 0.4) is 0 Å². The van der Waals surface area contributed by atoms with Crippen molar-refractivity contribution in [1.82, 2.24) is 15.1 Å². The Kier molecular flexibility index (Phi) is 5.62. The predicted molar refractivity (Wildman–Crippen MR) is 86.3 cm³/mol. The van der Waals surface area contributed by atoms with Gasteiger partial charge in [0.15, 0.2) is 0 Å². The van der Waals surface area contributed by atoms with Crippen LogP contribution in [0.4, 0.5) is 0 Å². The van der Waals surface area contributed by atoms with E-state index in [1.165, 1.54) is 0 Å². The van der Waals surface area contributed by atoms with Crippen molar-refractivity contribution in [3.05, 3.63) is 34.9 Å². The molecule has 1 aromatic rings. The van der Waals surface area contributed by atoms with E-state index in [9.17, 15) is 4.79 Å². The highest BCUT2D eigenvalue weighted by atomic mass is 35.5. The minimum atomic E-state index is -0.136. The molecule has 1 N–H and O–H groups in total. The van der Waals surface area contributed by atoms with Gasteiger partial charge in [-0.3, -0.25) is 10.1 Å². The second kappa shape index (κ2) is 7.25. The number of unbranched alkanes of at least 4 members (excludes halogenated alkanes) is 1. The molecule has 1 aliphatic rings. The standard InChI is InChI=1S/C16H24ClN3O/c1-12-16(21)20(10-5-4-9-19(2)3)15(18-12)13-7-6-8-14(17)11-13/h6-8,11-12,15,18H,4-5,9-10H2,1-3H3. The van der Waals surface area contributed by atoms with Crippen molar-refractivity contribution in [2.45, 2.75) is 32.0 Å². The first-order valence-electron chi connectivity index (χ1n) is 7.46. The van der Waals surface area contributed by atoms with E-state index < -0.39 is 0 Å². The molecular weight excluding hydrogens is 286 g/mol. The van der Waals surface area contributed by atoms with E-state index in [1.54, 1.807) is 0 Å². The van der Waals surface area contributed by atoms with Crippen molar-refractivity contribution >= 4 is 17.5 Å². The highest BCUT2D eigenvalue weighted by Crippen LogP contribution is 2.27. The third-order valence-electron chi connectivity index (χ3n) is 3.79. The molecule has 1 heterocycles. The second-order valence-electron chi connectivity index (χ2n) is 5.89. The normalized spacial score (nSPS) is 22.3. The number of hydrogen-bond acceptors (Lipinski definition) is 3. The summed E-state index contributed by atoms with van der Waals surface area (Å²) in [7, 11) is 4.14. The first kappa shape index (κ1) is 16.3. The minimum Gasteiger partial charge on any atom is -0.322 e. The lowest BCUT2D eigenvalue weighted by atomic mass is 10.1. The van der Waals surface area contributed by atoms with Crippen LogP contribution in [-0.4, -0.2) is 48.9 Å². The van der Waals surface area contributed by atoms with Crippen LogP contribution in [0.5, 0.6) is 0 Å². The average Bonchev–Trinajstić information content (AvgIpc) is 2.71. The van der Waals surface area contributed by atoms with Crippen molar-refractivity contribution in [2.24, 2.45) is 0 Å². The molecule has 2 unspecified atom stereocenters. The van der Waals surface area contributed by atoms with Crippen LogP contribution in [0.1, 0.15) is 31.5 Å². The van der Waals surface area contributed by atoms with E-state index in [0.717, 1.165) is 31.5 Å². The monoisotopic (exact) mass is 309 g/mol. The predicted octanol–water partition coefficient (Wildman–Crippen LogP) is 2.50. The maximum atomic E-state index is 12.3. The molecule has 2 atom stereocenters. The molecule has 1 amide bonds. The summed E-state index contributed by atoms with van der Waals surface area (Å²) in [5.74, 6) is 0.171. The first-order chi connectivity index (χ1) is 9.99. The molecule has 0 spiro atoms. The van der Waals surface area contributed by atoms with Crippen molar-refractivity contribution in [3.63, 3.8) is 0 Å². The smallest absolute Gasteiger partial charge is 0.241 e. The molecular formula is C16H24ClN3O. The van der Waals surface area contributed by atoms with Gasteiger partial charge in [-0.25, -0.2) is 0 Å². The molecule has 0 aromatic heterocycles. The largest absolute Gasteiger partial charge is 0.322 e. The van der Waals surface area contributed by atoms with Crippen LogP contribution >= 0.6 is 11.6 Å². The maximum absolute atomic E-state index is 12.3. The third-order valence-corrected chi connectivity index (χ3v) is 4.03. The van der Waals surface area contributed by atoms with Crippen molar-refractivity contribution in [3.8, 4) is 0 Å². The molecule has 5 heteroatoms. The van der Waals surface area contributed by atoms with Gasteiger partial charge < -0.3 is 9.80 Å². The van der Waals surface area contributed by atoms with E-state index in [4.69, 9.17) is 11.6 Å². The van der Waals surface area contributed by atoms with Crippen LogP contribution in [-0.2, 0) is 4.79 Å². The lowest BCUT2D eigenvalue weighted by Crippen LogP contribution is -2.32. The van der Waals surface area contributed by atoms with Gasteiger partial charge in [-0.2, -0.15) is 0 Å². The summed E-state index contributed by atoms with van der Waals surface area (Å²) in [6, 6.07) is 7.59. The average molecular weight is 310 g/mol. The third kappa shape index (κ3) is 4.19. The number of nitrogens with zero attached hydrogens (tertiary/aromatic N) is 2. The number of carbonyl (C=O) groups excluding carboxylic acids is 1. The molecule has 4 nitrogen and oxygen atoms in total. The van der Waals surface area contributed by atoms with Crippen molar-refractivity contribution in [2.75, 3.05) is 27.2 Å². The lowest BCUT2D eigenvalue weighted by Gasteiger charge is -2.25. The van der Waals surface area contributed by atoms with Crippen LogP contribution in [0, 0.1) is 0 Å². The van der Waals surface area contributed by atoms with Crippen molar-refractivity contribution in [1.29, 1.82) is 0 Å². The minimum absolute atomic E-state index is 0.0643. The number of amides is 1. The Morgan fingerprint density at radius 1 is 1.33 bits per heavy atom. The zero-order valence-electron chi connectivity index (χ0n) is 13.0. The molecule has 1 aromatic carbocycles. The van der Waals surface area contributed by atoms with E-state index in [-0.39, 0.29) is 18.1 Å². The summed E-state index contributed by atoms with van der Waals surface area (Å²) >= 11 is 6.07. The van der Waals surface area contributed by atoms with Gasteiger partial charge in [-0.15, -0.1) is 0 Å². The fourth-order valence-corrected chi connectivity index (χ4v) is 2.88. The van der Waals surface area contributed by atoms with Gasteiger partial charge in [0.1, 0.15) is 6.17 Å². The van der Waals surface area contributed by atoms with Gasteiger partial charge in [0.05, 0.1) is 6.04 Å². The Labute approximate surface area is 132 Å². The van der Waals surface area contributed by atoms with Crippen LogP contribution < -0.4 is 5.32 Å². The van der Waals surface area contributed by atoms with Crippen LogP contribution in [0.25, 0.3) is 0 Å². The Morgan fingerprint density at radius 2 is 2.10 bits per heavy atom.